The standard InChI is InChI=1S/C20H23N3O5/c1-10(2)18-14(24)6-7-17(22-18)27-19-11(3)8-15(12(4)13(19)5)26-9-16-21-20(25)28-23-16/h6-8,10,24H,9H2,1-5H3,(H,21,23,25). The van der Waals surface area contributed by atoms with Crippen LogP contribution in [0.5, 0.6) is 23.1 Å². The van der Waals surface area contributed by atoms with Gasteiger partial charge in [-0.1, -0.05) is 19.0 Å². The zero-order valence-electron chi connectivity index (χ0n) is 16.5. The summed E-state index contributed by atoms with van der Waals surface area (Å²) in [5.74, 6) is 1.69. The Morgan fingerprint density at radius 3 is 2.61 bits per heavy atom. The highest BCUT2D eigenvalue weighted by molar-refractivity contribution is 5.53. The van der Waals surface area contributed by atoms with Crippen LogP contribution in [0.1, 0.15) is 48.0 Å². The summed E-state index contributed by atoms with van der Waals surface area (Å²) < 4.78 is 16.3. The third-order valence-electron chi connectivity index (χ3n) is 4.46. The average Bonchev–Trinajstić information content (AvgIpc) is 3.07. The second-order valence-corrected chi connectivity index (χ2v) is 6.91. The number of aromatic nitrogens is 3. The van der Waals surface area contributed by atoms with E-state index in [1.165, 1.54) is 0 Å². The number of benzene rings is 1. The van der Waals surface area contributed by atoms with Crippen LogP contribution < -0.4 is 15.2 Å². The minimum atomic E-state index is -0.617. The molecule has 0 bridgehead atoms. The van der Waals surface area contributed by atoms with E-state index in [-0.39, 0.29) is 18.3 Å². The van der Waals surface area contributed by atoms with Gasteiger partial charge in [-0.3, -0.25) is 9.51 Å². The molecular weight excluding hydrogens is 362 g/mol. The van der Waals surface area contributed by atoms with E-state index in [4.69, 9.17) is 9.47 Å². The van der Waals surface area contributed by atoms with Gasteiger partial charge >= 0.3 is 5.76 Å². The molecule has 148 valence electrons. The highest BCUT2D eigenvalue weighted by Gasteiger charge is 2.16. The SMILES string of the molecule is Cc1cc(OCc2noc(=O)[nH]2)c(C)c(C)c1Oc1ccc(O)c(C(C)C)n1. The Hall–Kier alpha value is -3.29. The van der Waals surface area contributed by atoms with Gasteiger partial charge in [-0.15, -0.1) is 0 Å². The number of hydrogen-bond donors (Lipinski definition) is 2. The summed E-state index contributed by atoms with van der Waals surface area (Å²) in [5.41, 5.74) is 3.26. The van der Waals surface area contributed by atoms with Crippen molar-refractivity contribution in [3.05, 3.63) is 57.0 Å². The van der Waals surface area contributed by atoms with Gasteiger partial charge in [0.05, 0.1) is 5.69 Å². The zero-order valence-corrected chi connectivity index (χ0v) is 16.5. The molecular formula is C20H23N3O5. The summed E-state index contributed by atoms with van der Waals surface area (Å²) in [7, 11) is 0. The van der Waals surface area contributed by atoms with Crippen LogP contribution in [0.4, 0.5) is 0 Å². The van der Waals surface area contributed by atoms with Crippen molar-refractivity contribution in [2.75, 3.05) is 0 Å². The maximum atomic E-state index is 11.0. The first-order valence-electron chi connectivity index (χ1n) is 8.92. The number of aromatic amines is 1. The number of ether oxygens (including phenoxy) is 2. The van der Waals surface area contributed by atoms with Crippen molar-refractivity contribution >= 4 is 0 Å². The van der Waals surface area contributed by atoms with Gasteiger partial charge in [0.25, 0.3) is 0 Å². The van der Waals surface area contributed by atoms with Crippen LogP contribution in [0.15, 0.2) is 27.5 Å². The van der Waals surface area contributed by atoms with Gasteiger partial charge in [0, 0.05) is 6.07 Å². The predicted octanol–water partition coefficient (Wildman–Crippen LogP) is 3.88. The molecule has 2 heterocycles. The molecule has 2 N–H and O–H groups in total. The van der Waals surface area contributed by atoms with Gasteiger partial charge in [-0.2, -0.15) is 0 Å². The molecule has 0 atom stereocenters. The van der Waals surface area contributed by atoms with Crippen molar-refractivity contribution in [2.24, 2.45) is 0 Å². The third kappa shape index (κ3) is 4.00. The van der Waals surface area contributed by atoms with Gasteiger partial charge < -0.3 is 14.6 Å². The normalized spacial score (nSPS) is 11.1. The number of aromatic hydroxyl groups is 1. The molecule has 1 aromatic carbocycles. The molecule has 0 aliphatic rings. The van der Waals surface area contributed by atoms with Crippen molar-refractivity contribution in [1.82, 2.24) is 15.1 Å². The minimum absolute atomic E-state index is 0.0752. The van der Waals surface area contributed by atoms with E-state index in [9.17, 15) is 9.90 Å². The number of rotatable bonds is 6. The highest BCUT2D eigenvalue weighted by Crippen LogP contribution is 2.36. The fraction of sp³-hybridized carbons (Fsp3) is 0.350. The molecule has 0 radical (unpaired) electrons. The number of pyridine rings is 1. The summed E-state index contributed by atoms with van der Waals surface area (Å²) in [6.07, 6.45) is 0. The van der Waals surface area contributed by atoms with Crippen LogP contribution in [-0.4, -0.2) is 20.2 Å². The molecule has 0 aliphatic heterocycles. The molecule has 3 aromatic rings. The molecule has 8 nitrogen and oxygen atoms in total. The number of H-pyrrole nitrogens is 1. The van der Waals surface area contributed by atoms with E-state index in [1.54, 1.807) is 12.1 Å². The lowest BCUT2D eigenvalue weighted by molar-refractivity contribution is 0.282. The van der Waals surface area contributed by atoms with Gasteiger partial charge in [0.1, 0.15) is 23.9 Å². The van der Waals surface area contributed by atoms with Gasteiger partial charge in [0.15, 0.2) is 5.82 Å². The molecule has 0 unspecified atom stereocenters. The fourth-order valence-electron chi connectivity index (χ4n) is 2.83. The van der Waals surface area contributed by atoms with Gasteiger partial charge in [0.2, 0.25) is 5.88 Å². The minimum Gasteiger partial charge on any atom is -0.506 e. The lowest BCUT2D eigenvalue weighted by Crippen LogP contribution is -2.04. The Bertz CT molecular complexity index is 1050. The summed E-state index contributed by atoms with van der Waals surface area (Å²) in [6, 6.07) is 5.09. The Labute approximate surface area is 162 Å². The Balaban J connectivity index is 1.86. The number of hydrogen-bond acceptors (Lipinski definition) is 7. The lowest BCUT2D eigenvalue weighted by Gasteiger charge is -2.17. The molecule has 2 aromatic heterocycles. The van der Waals surface area contributed by atoms with Crippen LogP contribution in [0.3, 0.4) is 0 Å². The summed E-state index contributed by atoms with van der Waals surface area (Å²) >= 11 is 0. The van der Waals surface area contributed by atoms with Gasteiger partial charge in [-0.05, 0) is 55.5 Å². The van der Waals surface area contributed by atoms with Crippen molar-refractivity contribution in [3.8, 4) is 23.1 Å². The first-order valence-corrected chi connectivity index (χ1v) is 8.92. The van der Waals surface area contributed by atoms with E-state index in [1.807, 2.05) is 40.7 Å². The van der Waals surface area contributed by atoms with Crippen molar-refractivity contribution in [1.29, 1.82) is 0 Å². The topological polar surface area (TPSA) is 110 Å². The average molecular weight is 385 g/mol. The third-order valence-corrected chi connectivity index (χ3v) is 4.46. The van der Waals surface area contributed by atoms with Crippen LogP contribution >= 0.6 is 0 Å². The summed E-state index contributed by atoms with van der Waals surface area (Å²) in [4.78, 5) is 17.9. The fourth-order valence-corrected chi connectivity index (χ4v) is 2.83. The molecule has 8 heteroatoms. The first-order chi connectivity index (χ1) is 13.3. The number of nitrogens with one attached hydrogen (secondary N) is 1. The summed E-state index contributed by atoms with van der Waals surface area (Å²) in [6.45, 7) is 9.78. The predicted molar refractivity (Wildman–Crippen MR) is 102 cm³/mol. The Morgan fingerprint density at radius 1 is 1.21 bits per heavy atom. The molecule has 0 saturated carbocycles. The molecule has 0 fully saturated rings. The monoisotopic (exact) mass is 385 g/mol. The molecule has 0 amide bonds. The maximum Gasteiger partial charge on any atom is 0.439 e. The second-order valence-electron chi connectivity index (χ2n) is 6.91. The van der Waals surface area contributed by atoms with E-state index < -0.39 is 5.76 Å². The molecule has 0 aliphatic carbocycles. The van der Waals surface area contributed by atoms with Gasteiger partial charge in [-0.25, -0.2) is 9.78 Å². The van der Waals surface area contributed by atoms with E-state index >= 15 is 0 Å². The molecule has 0 spiro atoms. The second kappa shape index (κ2) is 7.75. The van der Waals surface area contributed by atoms with Crippen LogP contribution in [0.25, 0.3) is 0 Å². The smallest absolute Gasteiger partial charge is 0.439 e. The zero-order chi connectivity index (χ0) is 20.4. The number of nitrogens with zero attached hydrogens (tertiary/aromatic N) is 2. The lowest BCUT2D eigenvalue weighted by atomic mass is 10.0. The molecule has 3 rings (SSSR count). The van der Waals surface area contributed by atoms with Crippen molar-refractivity contribution in [3.63, 3.8) is 0 Å². The Morgan fingerprint density at radius 2 is 1.96 bits per heavy atom. The quantitative estimate of drug-likeness (QED) is 0.662. The van der Waals surface area contributed by atoms with Crippen molar-refractivity contribution in [2.45, 2.75) is 47.1 Å². The van der Waals surface area contributed by atoms with E-state index in [0.29, 0.717) is 28.9 Å². The maximum absolute atomic E-state index is 11.0. The van der Waals surface area contributed by atoms with E-state index in [2.05, 4.69) is 19.6 Å². The molecule has 0 saturated heterocycles. The van der Waals surface area contributed by atoms with Crippen LogP contribution in [0, 0.1) is 20.8 Å². The highest BCUT2D eigenvalue weighted by atomic mass is 16.5. The van der Waals surface area contributed by atoms with Crippen LogP contribution in [0.2, 0.25) is 0 Å². The first kappa shape index (κ1) is 19.5. The largest absolute Gasteiger partial charge is 0.506 e. The van der Waals surface area contributed by atoms with Crippen LogP contribution in [-0.2, 0) is 6.61 Å². The van der Waals surface area contributed by atoms with Crippen molar-refractivity contribution < 1.29 is 19.1 Å². The van der Waals surface area contributed by atoms with E-state index in [0.717, 1.165) is 16.7 Å². The summed E-state index contributed by atoms with van der Waals surface area (Å²) in [5, 5.41) is 13.5. The molecule has 28 heavy (non-hydrogen) atoms. The Kier molecular flexibility index (Phi) is 5.39. The number of aryl methyl sites for hydroxylation is 1.